The SMILES string of the molecule is O=C(NCC1CC1)c1ccc(CN2Cc3cccc(OCC4CCCO4)c3C2=O)cc1. The fourth-order valence-electron chi connectivity index (χ4n) is 4.24. The van der Waals surface area contributed by atoms with Gasteiger partial charge in [0, 0.05) is 31.8 Å². The summed E-state index contributed by atoms with van der Waals surface area (Å²) in [4.78, 5) is 27.2. The van der Waals surface area contributed by atoms with Crippen molar-refractivity contribution in [3.8, 4) is 5.75 Å². The molecule has 0 spiro atoms. The van der Waals surface area contributed by atoms with Gasteiger partial charge in [-0.05, 0) is 60.9 Å². The molecule has 2 aromatic carbocycles. The van der Waals surface area contributed by atoms with Crippen molar-refractivity contribution >= 4 is 11.8 Å². The Balaban J connectivity index is 1.21. The molecule has 1 unspecified atom stereocenters. The highest BCUT2D eigenvalue weighted by Gasteiger charge is 2.31. The van der Waals surface area contributed by atoms with Crippen LogP contribution in [0.25, 0.3) is 0 Å². The number of carbonyl (C=O) groups excluding carboxylic acids is 2. The maximum Gasteiger partial charge on any atom is 0.258 e. The molecule has 2 fully saturated rings. The number of nitrogens with one attached hydrogen (secondary N) is 1. The van der Waals surface area contributed by atoms with E-state index in [2.05, 4.69) is 5.32 Å². The molecule has 0 aromatic heterocycles. The van der Waals surface area contributed by atoms with E-state index in [0.29, 0.717) is 42.5 Å². The first-order valence-electron chi connectivity index (χ1n) is 11.2. The summed E-state index contributed by atoms with van der Waals surface area (Å²) in [6, 6.07) is 13.3. The van der Waals surface area contributed by atoms with E-state index < -0.39 is 0 Å². The van der Waals surface area contributed by atoms with Crippen molar-refractivity contribution in [2.45, 2.75) is 44.9 Å². The van der Waals surface area contributed by atoms with Gasteiger partial charge in [-0.2, -0.15) is 0 Å². The molecule has 2 aromatic rings. The molecule has 3 aliphatic rings. The molecule has 1 atom stereocenters. The Morgan fingerprint density at radius 3 is 2.71 bits per heavy atom. The molecule has 2 heterocycles. The molecule has 0 bridgehead atoms. The molecule has 6 heteroatoms. The second-order valence-corrected chi connectivity index (χ2v) is 8.75. The summed E-state index contributed by atoms with van der Waals surface area (Å²) >= 11 is 0. The van der Waals surface area contributed by atoms with E-state index >= 15 is 0 Å². The summed E-state index contributed by atoms with van der Waals surface area (Å²) in [6.07, 6.45) is 4.61. The molecule has 162 valence electrons. The first-order valence-corrected chi connectivity index (χ1v) is 11.2. The average Bonchev–Trinajstić information content (AvgIpc) is 3.37. The van der Waals surface area contributed by atoms with Gasteiger partial charge in [0.1, 0.15) is 12.4 Å². The van der Waals surface area contributed by atoms with E-state index in [0.717, 1.165) is 37.1 Å². The van der Waals surface area contributed by atoms with Crippen molar-refractivity contribution in [2.75, 3.05) is 19.8 Å². The molecule has 1 aliphatic carbocycles. The largest absolute Gasteiger partial charge is 0.490 e. The van der Waals surface area contributed by atoms with Gasteiger partial charge in [0.15, 0.2) is 0 Å². The van der Waals surface area contributed by atoms with Crippen molar-refractivity contribution in [1.82, 2.24) is 10.2 Å². The zero-order chi connectivity index (χ0) is 21.2. The van der Waals surface area contributed by atoms with Crippen LogP contribution in [-0.2, 0) is 17.8 Å². The molecule has 1 saturated heterocycles. The zero-order valence-electron chi connectivity index (χ0n) is 17.6. The fraction of sp³-hybridized carbons (Fsp3) is 0.440. The third-order valence-corrected chi connectivity index (χ3v) is 6.26. The average molecular weight is 421 g/mol. The van der Waals surface area contributed by atoms with E-state index in [1.54, 1.807) is 0 Å². The van der Waals surface area contributed by atoms with Crippen LogP contribution in [0.5, 0.6) is 5.75 Å². The van der Waals surface area contributed by atoms with Crippen LogP contribution in [0, 0.1) is 5.92 Å². The molecule has 2 amide bonds. The molecule has 6 nitrogen and oxygen atoms in total. The van der Waals surface area contributed by atoms with Crippen LogP contribution in [0.15, 0.2) is 42.5 Å². The highest BCUT2D eigenvalue weighted by Crippen LogP contribution is 2.32. The van der Waals surface area contributed by atoms with Gasteiger partial charge in [0.2, 0.25) is 0 Å². The van der Waals surface area contributed by atoms with Crippen LogP contribution in [0.3, 0.4) is 0 Å². The summed E-state index contributed by atoms with van der Waals surface area (Å²) in [5.41, 5.74) is 3.31. The molecule has 2 aliphatic heterocycles. The predicted molar refractivity (Wildman–Crippen MR) is 116 cm³/mol. The number of rotatable bonds is 8. The first kappa shape index (κ1) is 20.1. The number of fused-ring (bicyclic) bond motifs is 1. The van der Waals surface area contributed by atoms with E-state index in [1.807, 2.05) is 47.4 Å². The van der Waals surface area contributed by atoms with E-state index in [1.165, 1.54) is 12.8 Å². The quantitative estimate of drug-likeness (QED) is 0.709. The van der Waals surface area contributed by atoms with Gasteiger partial charge < -0.3 is 19.7 Å². The minimum Gasteiger partial charge on any atom is -0.490 e. The highest BCUT2D eigenvalue weighted by molar-refractivity contribution is 6.01. The van der Waals surface area contributed by atoms with Gasteiger partial charge in [-0.1, -0.05) is 24.3 Å². The van der Waals surface area contributed by atoms with E-state index in [9.17, 15) is 9.59 Å². The fourth-order valence-corrected chi connectivity index (χ4v) is 4.24. The third-order valence-electron chi connectivity index (χ3n) is 6.26. The molecule has 1 saturated carbocycles. The van der Waals surface area contributed by atoms with Gasteiger partial charge in [0.05, 0.1) is 11.7 Å². The Morgan fingerprint density at radius 1 is 1.13 bits per heavy atom. The second kappa shape index (κ2) is 8.71. The monoisotopic (exact) mass is 420 g/mol. The minimum atomic E-state index is -0.0314. The lowest BCUT2D eigenvalue weighted by atomic mass is 10.1. The Kier molecular flexibility index (Phi) is 5.64. The van der Waals surface area contributed by atoms with Crippen LogP contribution >= 0.6 is 0 Å². The van der Waals surface area contributed by atoms with Crippen LogP contribution in [0.2, 0.25) is 0 Å². The Bertz CT molecular complexity index is 962. The molecule has 31 heavy (non-hydrogen) atoms. The van der Waals surface area contributed by atoms with Crippen LogP contribution in [-0.4, -0.2) is 42.6 Å². The number of nitrogens with zero attached hydrogens (tertiary/aromatic N) is 1. The lowest BCUT2D eigenvalue weighted by molar-refractivity contribution is 0.0659. The maximum absolute atomic E-state index is 13.1. The summed E-state index contributed by atoms with van der Waals surface area (Å²) in [5.74, 6) is 1.26. The summed E-state index contributed by atoms with van der Waals surface area (Å²) < 4.78 is 11.6. The number of amides is 2. The Hall–Kier alpha value is -2.86. The van der Waals surface area contributed by atoms with Crippen molar-refractivity contribution in [2.24, 2.45) is 5.92 Å². The molecule has 0 radical (unpaired) electrons. The number of carbonyl (C=O) groups is 2. The highest BCUT2D eigenvalue weighted by atomic mass is 16.5. The number of benzene rings is 2. The van der Waals surface area contributed by atoms with Gasteiger partial charge in [-0.25, -0.2) is 0 Å². The summed E-state index contributed by atoms with van der Waals surface area (Å²) in [7, 11) is 0. The lowest BCUT2D eigenvalue weighted by Crippen LogP contribution is -2.26. The molecule has 5 rings (SSSR count). The van der Waals surface area contributed by atoms with Gasteiger partial charge >= 0.3 is 0 Å². The third kappa shape index (κ3) is 4.59. The van der Waals surface area contributed by atoms with Crippen molar-refractivity contribution < 1.29 is 19.1 Å². The number of hydrogen-bond acceptors (Lipinski definition) is 4. The van der Waals surface area contributed by atoms with Crippen molar-refractivity contribution in [3.63, 3.8) is 0 Å². The summed E-state index contributed by atoms with van der Waals surface area (Å²) in [6.45, 7) is 3.10. The molecule has 1 N–H and O–H groups in total. The van der Waals surface area contributed by atoms with Crippen LogP contribution in [0.1, 0.15) is 57.5 Å². The van der Waals surface area contributed by atoms with E-state index in [-0.39, 0.29) is 17.9 Å². The van der Waals surface area contributed by atoms with Gasteiger partial charge in [-0.15, -0.1) is 0 Å². The summed E-state index contributed by atoms with van der Waals surface area (Å²) in [5, 5.41) is 2.98. The first-order chi connectivity index (χ1) is 15.2. The standard InChI is InChI=1S/C25H28N2O4/c28-24(26-13-17-6-7-17)19-10-8-18(9-11-19)14-27-15-20-3-1-5-22(23(20)25(27)29)31-16-21-4-2-12-30-21/h1,3,5,8-11,17,21H,2,4,6-7,12-16H2,(H,26,28). The maximum atomic E-state index is 13.1. The Morgan fingerprint density at radius 2 is 1.97 bits per heavy atom. The van der Waals surface area contributed by atoms with E-state index in [4.69, 9.17) is 9.47 Å². The zero-order valence-corrected chi connectivity index (χ0v) is 17.6. The normalized spacial score (nSPS) is 20.1. The second-order valence-electron chi connectivity index (χ2n) is 8.75. The van der Waals surface area contributed by atoms with Gasteiger partial charge in [0.25, 0.3) is 11.8 Å². The van der Waals surface area contributed by atoms with Crippen LogP contribution < -0.4 is 10.1 Å². The number of ether oxygens (including phenoxy) is 2. The van der Waals surface area contributed by atoms with Gasteiger partial charge in [-0.3, -0.25) is 9.59 Å². The molecular formula is C25H28N2O4. The molecular weight excluding hydrogens is 392 g/mol. The smallest absolute Gasteiger partial charge is 0.258 e. The van der Waals surface area contributed by atoms with Crippen LogP contribution in [0.4, 0.5) is 0 Å². The topological polar surface area (TPSA) is 67.9 Å². The Labute approximate surface area is 182 Å². The number of hydrogen-bond donors (Lipinski definition) is 1. The van der Waals surface area contributed by atoms with Crippen molar-refractivity contribution in [1.29, 1.82) is 0 Å². The lowest BCUT2D eigenvalue weighted by Gasteiger charge is -2.16. The predicted octanol–water partition coefficient (Wildman–Crippen LogP) is 3.54. The van der Waals surface area contributed by atoms with Crippen molar-refractivity contribution in [3.05, 3.63) is 64.7 Å². The minimum absolute atomic E-state index is 0.0100.